The lowest BCUT2D eigenvalue weighted by atomic mass is 9.93. The molecule has 2 rings (SSSR count). The predicted octanol–water partition coefficient (Wildman–Crippen LogP) is 2.78. The van der Waals surface area contributed by atoms with Crippen LogP contribution in [-0.2, 0) is 13.0 Å². The van der Waals surface area contributed by atoms with E-state index in [1.54, 1.807) is 7.11 Å². The SMILES string of the molecule is COc1ccc(CC(C)(CO)NCc2ccccc2)cc1. The van der Waals surface area contributed by atoms with Crippen LogP contribution in [0.4, 0.5) is 0 Å². The molecule has 0 aliphatic carbocycles. The van der Waals surface area contributed by atoms with Crippen LogP contribution in [0.5, 0.6) is 5.75 Å². The summed E-state index contributed by atoms with van der Waals surface area (Å²) >= 11 is 0. The molecule has 2 aromatic rings. The van der Waals surface area contributed by atoms with Crippen LogP contribution in [0, 0.1) is 0 Å². The van der Waals surface area contributed by atoms with Crippen molar-refractivity contribution >= 4 is 0 Å². The van der Waals surface area contributed by atoms with Crippen molar-refractivity contribution in [2.75, 3.05) is 13.7 Å². The third kappa shape index (κ3) is 4.59. The zero-order valence-corrected chi connectivity index (χ0v) is 12.7. The topological polar surface area (TPSA) is 41.5 Å². The summed E-state index contributed by atoms with van der Waals surface area (Å²) in [4.78, 5) is 0. The highest BCUT2D eigenvalue weighted by Crippen LogP contribution is 2.17. The van der Waals surface area contributed by atoms with Gasteiger partial charge in [0.1, 0.15) is 5.75 Å². The summed E-state index contributed by atoms with van der Waals surface area (Å²) < 4.78 is 5.17. The van der Waals surface area contributed by atoms with Gasteiger partial charge in [0.25, 0.3) is 0 Å². The van der Waals surface area contributed by atoms with Crippen LogP contribution in [0.3, 0.4) is 0 Å². The second kappa shape index (κ2) is 7.25. The largest absolute Gasteiger partial charge is 0.497 e. The number of ether oxygens (including phenoxy) is 1. The van der Waals surface area contributed by atoms with E-state index in [0.29, 0.717) is 0 Å². The Morgan fingerprint density at radius 1 is 1.00 bits per heavy atom. The number of nitrogens with one attached hydrogen (secondary N) is 1. The molecule has 3 heteroatoms. The van der Waals surface area contributed by atoms with Gasteiger partial charge in [0, 0.05) is 12.1 Å². The molecule has 0 heterocycles. The molecule has 1 atom stereocenters. The number of aliphatic hydroxyl groups excluding tert-OH is 1. The quantitative estimate of drug-likeness (QED) is 0.822. The Balaban J connectivity index is 1.99. The van der Waals surface area contributed by atoms with Gasteiger partial charge < -0.3 is 15.2 Å². The highest BCUT2D eigenvalue weighted by atomic mass is 16.5. The molecule has 3 nitrogen and oxygen atoms in total. The third-order valence-corrected chi connectivity index (χ3v) is 3.66. The fraction of sp³-hybridized carbons (Fsp3) is 0.333. The molecule has 0 aliphatic rings. The maximum Gasteiger partial charge on any atom is 0.118 e. The van der Waals surface area contributed by atoms with E-state index in [4.69, 9.17) is 4.74 Å². The second-order valence-electron chi connectivity index (χ2n) is 5.58. The summed E-state index contributed by atoms with van der Waals surface area (Å²) in [5.41, 5.74) is 2.05. The average molecular weight is 285 g/mol. The summed E-state index contributed by atoms with van der Waals surface area (Å²) in [5.74, 6) is 0.849. The van der Waals surface area contributed by atoms with E-state index in [1.807, 2.05) is 49.4 Å². The van der Waals surface area contributed by atoms with Gasteiger partial charge >= 0.3 is 0 Å². The Labute approximate surface area is 126 Å². The molecule has 0 aromatic heterocycles. The Morgan fingerprint density at radius 2 is 1.67 bits per heavy atom. The zero-order valence-electron chi connectivity index (χ0n) is 12.7. The molecule has 0 saturated carbocycles. The van der Waals surface area contributed by atoms with Gasteiger partial charge in [-0.05, 0) is 36.6 Å². The van der Waals surface area contributed by atoms with E-state index < -0.39 is 0 Å². The minimum Gasteiger partial charge on any atom is -0.497 e. The lowest BCUT2D eigenvalue weighted by Gasteiger charge is -2.29. The van der Waals surface area contributed by atoms with Crippen LogP contribution in [0.25, 0.3) is 0 Å². The summed E-state index contributed by atoms with van der Waals surface area (Å²) in [6.45, 7) is 2.88. The number of hydrogen-bond acceptors (Lipinski definition) is 3. The first-order chi connectivity index (χ1) is 10.1. The van der Waals surface area contributed by atoms with E-state index in [0.717, 1.165) is 18.7 Å². The summed E-state index contributed by atoms with van der Waals surface area (Å²) in [5, 5.41) is 13.2. The van der Waals surface area contributed by atoms with Crippen molar-refractivity contribution in [3.05, 3.63) is 65.7 Å². The molecule has 0 saturated heterocycles. The monoisotopic (exact) mass is 285 g/mol. The summed E-state index contributed by atoms with van der Waals surface area (Å²) in [7, 11) is 1.66. The maximum atomic E-state index is 9.74. The molecular weight excluding hydrogens is 262 g/mol. The first-order valence-corrected chi connectivity index (χ1v) is 7.18. The van der Waals surface area contributed by atoms with Gasteiger partial charge in [0.15, 0.2) is 0 Å². The lowest BCUT2D eigenvalue weighted by molar-refractivity contribution is 0.172. The van der Waals surface area contributed by atoms with Crippen molar-refractivity contribution in [2.45, 2.75) is 25.4 Å². The van der Waals surface area contributed by atoms with Crippen molar-refractivity contribution in [2.24, 2.45) is 0 Å². The van der Waals surface area contributed by atoms with E-state index in [2.05, 4.69) is 17.4 Å². The van der Waals surface area contributed by atoms with E-state index >= 15 is 0 Å². The zero-order chi connectivity index (χ0) is 15.1. The van der Waals surface area contributed by atoms with Crippen LogP contribution in [-0.4, -0.2) is 24.4 Å². The maximum absolute atomic E-state index is 9.74. The Bertz CT molecular complexity index is 539. The highest BCUT2D eigenvalue weighted by Gasteiger charge is 2.23. The van der Waals surface area contributed by atoms with Gasteiger partial charge in [-0.25, -0.2) is 0 Å². The summed E-state index contributed by atoms with van der Waals surface area (Å²) in [6.07, 6.45) is 0.764. The van der Waals surface area contributed by atoms with E-state index in [1.165, 1.54) is 11.1 Å². The lowest BCUT2D eigenvalue weighted by Crippen LogP contribution is -2.47. The molecule has 0 amide bonds. The normalized spacial score (nSPS) is 13.7. The molecule has 0 spiro atoms. The molecule has 0 bridgehead atoms. The van der Waals surface area contributed by atoms with Crippen LogP contribution in [0.1, 0.15) is 18.1 Å². The molecule has 112 valence electrons. The second-order valence-corrected chi connectivity index (χ2v) is 5.58. The molecule has 21 heavy (non-hydrogen) atoms. The van der Waals surface area contributed by atoms with Crippen LogP contribution in [0.2, 0.25) is 0 Å². The fourth-order valence-electron chi connectivity index (χ4n) is 2.28. The first-order valence-electron chi connectivity index (χ1n) is 7.18. The van der Waals surface area contributed by atoms with Crippen LogP contribution >= 0.6 is 0 Å². The summed E-state index contributed by atoms with van der Waals surface area (Å²) in [6, 6.07) is 18.2. The number of methoxy groups -OCH3 is 1. The highest BCUT2D eigenvalue weighted by molar-refractivity contribution is 5.28. The molecule has 2 aromatic carbocycles. The molecule has 2 N–H and O–H groups in total. The molecule has 1 unspecified atom stereocenters. The van der Waals surface area contributed by atoms with Crippen LogP contribution < -0.4 is 10.1 Å². The van der Waals surface area contributed by atoms with Crippen molar-refractivity contribution in [3.63, 3.8) is 0 Å². The van der Waals surface area contributed by atoms with E-state index in [9.17, 15) is 5.11 Å². The van der Waals surface area contributed by atoms with Gasteiger partial charge in [0.2, 0.25) is 0 Å². The number of aliphatic hydroxyl groups is 1. The van der Waals surface area contributed by atoms with Crippen molar-refractivity contribution in [1.82, 2.24) is 5.32 Å². The number of rotatable bonds is 7. The van der Waals surface area contributed by atoms with Gasteiger partial charge in [0.05, 0.1) is 13.7 Å². The van der Waals surface area contributed by atoms with Gasteiger partial charge in [-0.1, -0.05) is 42.5 Å². The Hall–Kier alpha value is -1.84. The number of benzene rings is 2. The fourth-order valence-corrected chi connectivity index (χ4v) is 2.28. The van der Waals surface area contributed by atoms with Crippen molar-refractivity contribution in [3.8, 4) is 5.75 Å². The van der Waals surface area contributed by atoms with Gasteiger partial charge in [-0.15, -0.1) is 0 Å². The van der Waals surface area contributed by atoms with E-state index in [-0.39, 0.29) is 12.1 Å². The Kier molecular flexibility index (Phi) is 5.37. The molecule has 0 fully saturated rings. The minimum atomic E-state index is -0.343. The molecule has 0 radical (unpaired) electrons. The first kappa shape index (κ1) is 15.5. The van der Waals surface area contributed by atoms with Crippen LogP contribution in [0.15, 0.2) is 54.6 Å². The Morgan fingerprint density at radius 3 is 2.24 bits per heavy atom. The number of hydrogen-bond donors (Lipinski definition) is 2. The minimum absolute atomic E-state index is 0.0891. The molecule has 0 aliphatic heterocycles. The standard InChI is InChI=1S/C18H23NO2/c1-18(14-20,19-13-16-6-4-3-5-7-16)12-15-8-10-17(21-2)11-9-15/h3-11,19-20H,12-14H2,1-2H3. The predicted molar refractivity (Wildman–Crippen MR) is 85.5 cm³/mol. The smallest absolute Gasteiger partial charge is 0.118 e. The van der Waals surface area contributed by atoms with Gasteiger partial charge in [-0.3, -0.25) is 0 Å². The average Bonchev–Trinajstić information content (AvgIpc) is 2.55. The molecular formula is C18H23NO2. The van der Waals surface area contributed by atoms with Crippen molar-refractivity contribution in [1.29, 1.82) is 0 Å². The third-order valence-electron chi connectivity index (χ3n) is 3.66. The van der Waals surface area contributed by atoms with Gasteiger partial charge in [-0.2, -0.15) is 0 Å². The van der Waals surface area contributed by atoms with Crippen molar-refractivity contribution < 1.29 is 9.84 Å².